The standard InChI is InChI=1S/C5H4NS2/c1-4-3-8-5(2-7)6-4/h3H,1H3. The molecule has 0 spiro atoms. The Morgan fingerprint density at radius 3 is 2.88 bits per heavy atom. The summed E-state index contributed by atoms with van der Waals surface area (Å²) in [7, 11) is 0. The lowest BCUT2D eigenvalue weighted by molar-refractivity contribution is 1.26. The van der Waals surface area contributed by atoms with Gasteiger partial charge in [-0.25, -0.2) is 4.98 Å². The van der Waals surface area contributed by atoms with Gasteiger partial charge in [-0.2, -0.15) is 0 Å². The first-order valence-electron chi connectivity index (χ1n) is 2.13. The Bertz CT molecular complexity index is 192. The Balaban J connectivity index is 3.00. The topological polar surface area (TPSA) is 12.9 Å². The molecule has 1 aromatic rings. The molecule has 3 heteroatoms. The van der Waals surface area contributed by atoms with Crippen molar-refractivity contribution in [2.75, 3.05) is 0 Å². The van der Waals surface area contributed by atoms with Crippen LogP contribution in [0, 0.1) is 6.92 Å². The van der Waals surface area contributed by atoms with Crippen LogP contribution in [-0.2, 0) is 0 Å². The van der Waals surface area contributed by atoms with Crippen LogP contribution in [0.5, 0.6) is 0 Å². The summed E-state index contributed by atoms with van der Waals surface area (Å²) in [6, 6.07) is 0. The van der Waals surface area contributed by atoms with Gasteiger partial charge < -0.3 is 0 Å². The molecule has 1 nitrogen and oxygen atoms in total. The SMILES string of the molecule is Cc1csc([C]=S)n1. The molecule has 0 saturated heterocycles. The molecule has 0 aromatic carbocycles. The maximum atomic E-state index is 4.53. The minimum absolute atomic E-state index is 0.803. The highest BCUT2D eigenvalue weighted by molar-refractivity contribution is 7.79. The number of thiocarbonyl (C=S) groups is 1. The first kappa shape index (κ1) is 5.85. The van der Waals surface area contributed by atoms with Crippen LogP contribution in [0.4, 0.5) is 0 Å². The molecule has 0 amide bonds. The molecular weight excluding hydrogens is 138 g/mol. The number of aromatic nitrogens is 1. The summed E-state index contributed by atoms with van der Waals surface area (Å²) in [5.74, 6) is 0. The fourth-order valence-electron chi connectivity index (χ4n) is 0.401. The first-order valence-corrected chi connectivity index (χ1v) is 3.42. The van der Waals surface area contributed by atoms with E-state index in [4.69, 9.17) is 0 Å². The third-order valence-corrected chi connectivity index (χ3v) is 1.90. The van der Waals surface area contributed by atoms with Gasteiger partial charge in [0.1, 0.15) is 5.01 Å². The minimum atomic E-state index is 0.803. The zero-order chi connectivity index (χ0) is 5.98. The van der Waals surface area contributed by atoms with Gasteiger partial charge in [0, 0.05) is 11.1 Å². The van der Waals surface area contributed by atoms with Gasteiger partial charge in [-0.1, -0.05) is 12.2 Å². The van der Waals surface area contributed by atoms with Gasteiger partial charge in [-0.05, 0) is 6.92 Å². The van der Waals surface area contributed by atoms with Gasteiger partial charge in [0.15, 0.2) is 0 Å². The summed E-state index contributed by atoms with van der Waals surface area (Å²) in [6.07, 6.45) is 0. The Hall–Kier alpha value is -0.280. The van der Waals surface area contributed by atoms with Crippen LogP contribution in [0.25, 0.3) is 0 Å². The zero-order valence-corrected chi connectivity index (χ0v) is 5.97. The average Bonchev–Trinajstić information content (AvgIpc) is 2.14. The van der Waals surface area contributed by atoms with Crippen molar-refractivity contribution in [1.82, 2.24) is 4.98 Å². The number of thiazole rings is 1. The van der Waals surface area contributed by atoms with Crippen molar-refractivity contribution in [2.24, 2.45) is 0 Å². The van der Waals surface area contributed by atoms with Gasteiger partial charge >= 0.3 is 0 Å². The predicted molar refractivity (Wildman–Crippen MR) is 38.6 cm³/mol. The molecule has 1 rings (SSSR count). The fourth-order valence-corrected chi connectivity index (χ4v) is 1.17. The lowest BCUT2D eigenvalue weighted by atomic mass is 10.6. The number of aryl methyl sites for hydroxylation is 1. The normalized spacial score (nSPS) is 9.12. The van der Waals surface area contributed by atoms with Crippen LogP contribution in [0.15, 0.2) is 5.38 Å². The van der Waals surface area contributed by atoms with Crippen molar-refractivity contribution >= 4 is 28.9 Å². The second kappa shape index (κ2) is 2.33. The Labute approximate surface area is 57.4 Å². The van der Waals surface area contributed by atoms with Crippen LogP contribution >= 0.6 is 23.6 Å². The highest BCUT2D eigenvalue weighted by atomic mass is 32.1. The third-order valence-electron chi connectivity index (χ3n) is 0.706. The molecule has 0 bridgehead atoms. The van der Waals surface area contributed by atoms with Crippen LogP contribution in [-0.4, -0.2) is 10.4 Å². The van der Waals surface area contributed by atoms with Crippen molar-refractivity contribution in [3.8, 4) is 0 Å². The molecule has 0 aliphatic rings. The maximum Gasteiger partial charge on any atom is 0.136 e. The second-order valence-corrected chi connectivity index (χ2v) is 2.46. The van der Waals surface area contributed by atoms with E-state index < -0.39 is 0 Å². The van der Waals surface area contributed by atoms with E-state index in [0.717, 1.165) is 10.7 Å². The van der Waals surface area contributed by atoms with E-state index in [2.05, 4.69) is 22.6 Å². The van der Waals surface area contributed by atoms with Crippen molar-refractivity contribution in [2.45, 2.75) is 6.92 Å². The second-order valence-electron chi connectivity index (χ2n) is 1.40. The van der Waals surface area contributed by atoms with Gasteiger partial charge in [0.2, 0.25) is 0 Å². The first-order chi connectivity index (χ1) is 3.83. The lowest BCUT2D eigenvalue weighted by Gasteiger charge is -1.71. The molecule has 41 valence electrons. The Morgan fingerprint density at radius 2 is 2.62 bits per heavy atom. The van der Waals surface area contributed by atoms with Gasteiger partial charge in [-0.3, -0.25) is 0 Å². The van der Waals surface area contributed by atoms with Crippen molar-refractivity contribution in [3.05, 3.63) is 16.1 Å². The van der Waals surface area contributed by atoms with Crippen molar-refractivity contribution in [1.29, 1.82) is 0 Å². The average molecular weight is 142 g/mol. The molecule has 1 aromatic heterocycles. The zero-order valence-electron chi connectivity index (χ0n) is 4.34. The highest BCUT2D eigenvalue weighted by Gasteiger charge is 1.90. The molecule has 0 unspecified atom stereocenters. The molecule has 0 fully saturated rings. The number of hydrogen-bond donors (Lipinski definition) is 0. The molecule has 0 N–H and O–H groups in total. The summed E-state index contributed by atoms with van der Waals surface area (Å²) in [5, 5.41) is 5.29. The largest absolute Gasteiger partial charge is 0.240 e. The molecule has 0 saturated carbocycles. The summed E-state index contributed by atoms with van der Waals surface area (Å²) in [5.41, 5.74) is 1.02. The molecule has 0 aliphatic heterocycles. The van der Waals surface area contributed by atoms with E-state index in [9.17, 15) is 0 Å². The molecular formula is C5H4NS2. The van der Waals surface area contributed by atoms with Crippen LogP contribution in [0.2, 0.25) is 0 Å². The van der Waals surface area contributed by atoms with Gasteiger partial charge in [0.25, 0.3) is 0 Å². The van der Waals surface area contributed by atoms with Crippen LogP contribution in [0.1, 0.15) is 10.7 Å². The molecule has 1 heterocycles. The highest BCUT2D eigenvalue weighted by Crippen LogP contribution is 2.04. The van der Waals surface area contributed by atoms with Crippen LogP contribution in [0.3, 0.4) is 0 Å². The van der Waals surface area contributed by atoms with Gasteiger partial charge in [0.05, 0.1) is 5.37 Å². The Morgan fingerprint density at radius 1 is 1.88 bits per heavy atom. The van der Waals surface area contributed by atoms with Crippen LogP contribution < -0.4 is 0 Å². The predicted octanol–water partition coefficient (Wildman–Crippen LogP) is 1.68. The fraction of sp³-hybridized carbons (Fsp3) is 0.200. The molecule has 0 atom stereocenters. The van der Waals surface area contributed by atoms with E-state index >= 15 is 0 Å². The molecule has 8 heavy (non-hydrogen) atoms. The van der Waals surface area contributed by atoms with E-state index in [-0.39, 0.29) is 0 Å². The quantitative estimate of drug-likeness (QED) is 0.553. The number of nitrogens with zero attached hydrogens (tertiary/aromatic N) is 1. The van der Waals surface area contributed by atoms with E-state index in [0.29, 0.717) is 0 Å². The lowest BCUT2D eigenvalue weighted by Crippen LogP contribution is -1.73. The van der Waals surface area contributed by atoms with E-state index in [1.807, 2.05) is 12.3 Å². The smallest absolute Gasteiger partial charge is 0.136 e. The maximum absolute atomic E-state index is 4.53. The number of rotatable bonds is 1. The minimum Gasteiger partial charge on any atom is -0.240 e. The molecule has 1 radical (unpaired) electrons. The van der Waals surface area contributed by atoms with Crippen molar-refractivity contribution in [3.63, 3.8) is 0 Å². The summed E-state index contributed by atoms with van der Waals surface area (Å²) in [4.78, 5) is 4.03. The summed E-state index contributed by atoms with van der Waals surface area (Å²) >= 11 is 6.05. The van der Waals surface area contributed by atoms with Gasteiger partial charge in [-0.15, -0.1) is 11.3 Å². The number of hydrogen-bond acceptors (Lipinski definition) is 3. The Kier molecular flexibility index (Phi) is 1.70. The van der Waals surface area contributed by atoms with E-state index in [1.165, 1.54) is 11.3 Å². The summed E-state index contributed by atoms with van der Waals surface area (Å²) in [6.45, 7) is 1.94. The van der Waals surface area contributed by atoms with E-state index in [1.54, 1.807) is 0 Å². The third kappa shape index (κ3) is 1.11. The molecule has 0 aliphatic carbocycles. The summed E-state index contributed by atoms with van der Waals surface area (Å²) < 4.78 is 0. The van der Waals surface area contributed by atoms with Crippen molar-refractivity contribution < 1.29 is 0 Å². The monoisotopic (exact) mass is 142 g/mol.